The average molecular weight is 415 g/mol. The predicted octanol–water partition coefficient (Wildman–Crippen LogP) is 4.01. The van der Waals surface area contributed by atoms with E-state index in [0.717, 1.165) is 10.6 Å². The maximum Gasteiger partial charge on any atom is 0.310 e. The van der Waals surface area contributed by atoms with Gasteiger partial charge in [-0.1, -0.05) is 13.0 Å². The Morgan fingerprint density at radius 2 is 2.07 bits per heavy atom. The zero-order valence-electron chi connectivity index (χ0n) is 17.4. The number of carbonyl (C=O) groups excluding carboxylic acids is 2. The van der Waals surface area contributed by atoms with Gasteiger partial charge in [0.2, 0.25) is 0 Å². The Balaban J connectivity index is 2.09. The van der Waals surface area contributed by atoms with Crippen LogP contribution >= 0.6 is 11.3 Å². The Hall–Kier alpha value is -2.74. The van der Waals surface area contributed by atoms with Gasteiger partial charge in [0.05, 0.1) is 40.7 Å². The molecule has 0 N–H and O–H groups in total. The van der Waals surface area contributed by atoms with E-state index in [1.165, 1.54) is 7.11 Å². The first-order chi connectivity index (χ1) is 13.9. The molecular formula is C21H26N4O3S. The summed E-state index contributed by atoms with van der Waals surface area (Å²) in [6.07, 6.45) is 1.70. The summed E-state index contributed by atoms with van der Waals surface area (Å²) in [4.78, 5) is 32.7. The minimum atomic E-state index is -0.406. The largest absolute Gasteiger partial charge is 0.469 e. The van der Waals surface area contributed by atoms with Crippen molar-refractivity contribution in [1.29, 1.82) is 0 Å². The third kappa shape index (κ3) is 4.17. The second-order valence-corrected chi connectivity index (χ2v) is 8.17. The van der Waals surface area contributed by atoms with Crippen LogP contribution in [0.1, 0.15) is 44.1 Å². The molecule has 8 heteroatoms. The van der Waals surface area contributed by atoms with Crippen LogP contribution in [0.2, 0.25) is 0 Å². The van der Waals surface area contributed by atoms with Crippen molar-refractivity contribution in [2.75, 3.05) is 20.2 Å². The number of amides is 1. The van der Waals surface area contributed by atoms with Gasteiger partial charge in [0.15, 0.2) is 5.65 Å². The van der Waals surface area contributed by atoms with Crippen LogP contribution in [0.4, 0.5) is 0 Å². The number of aromatic nitrogens is 3. The molecule has 0 saturated carbocycles. The standard InChI is InChI=1S/C21H26N4O3S/c1-6-24(12-14(4)21(27)28-5)20(26)15-10-17(18-8-7-9-29-18)23-19-16(15)11-22-25(19)13(2)3/h7-11,13-14H,6,12H2,1-5H3. The number of hydrogen-bond donors (Lipinski definition) is 0. The molecular weight excluding hydrogens is 388 g/mol. The highest BCUT2D eigenvalue weighted by Gasteiger charge is 2.25. The van der Waals surface area contributed by atoms with E-state index in [4.69, 9.17) is 9.72 Å². The lowest BCUT2D eigenvalue weighted by atomic mass is 10.1. The molecule has 3 aromatic rings. The molecule has 1 atom stereocenters. The number of rotatable bonds is 7. The molecule has 3 rings (SSSR count). The van der Waals surface area contributed by atoms with Crippen molar-refractivity contribution >= 4 is 34.2 Å². The Labute approximate surface area is 174 Å². The topological polar surface area (TPSA) is 77.3 Å². The number of esters is 1. The lowest BCUT2D eigenvalue weighted by Gasteiger charge is -2.24. The van der Waals surface area contributed by atoms with Crippen molar-refractivity contribution in [1.82, 2.24) is 19.7 Å². The fraction of sp³-hybridized carbons (Fsp3) is 0.429. The van der Waals surface area contributed by atoms with Gasteiger partial charge in [0, 0.05) is 19.1 Å². The molecule has 29 heavy (non-hydrogen) atoms. The molecule has 0 aliphatic heterocycles. The first kappa shape index (κ1) is 21.0. The molecule has 3 heterocycles. The predicted molar refractivity (Wildman–Crippen MR) is 114 cm³/mol. The molecule has 0 saturated heterocycles. The van der Waals surface area contributed by atoms with Crippen LogP contribution in [-0.2, 0) is 9.53 Å². The van der Waals surface area contributed by atoms with Crippen molar-refractivity contribution in [3.63, 3.8) is 0 Å². The minimum absolute atomic E-state index is 0.114. The van der Waals surface area contributed by atoms with Gasteiger partial charge in [-0.05, 0) is 38.3 Å². The fourth-order valence-corrected chi connectivity index (χ4v) is 3.94. The van der Waals surface area contributed by atoms with Gasteiger partial charge in [0.1, 0.15) is 0 Å². The Morgan fingerprint density at radius 1 is 1.31 bits per heavy atom. The molecule has 0 aromatic carbocycles. The smallest absolute Gasteiger partial charge is 0.310 e. The quantitative estimate of drug-likeness (QED) is 0.546. The lowest BCUT2D eigenvalue weighted by molar-refractivity contribution is -0.145. The fourth-order valence-electron chi connectivity index (χ4n) is 3.26. The highest BCUT2D eigenvalue weighted by Crippen LogP contribution is 2.29. The molecule has 0 aliphatic carbocycles. The number of carbonyl (C=O) groups is 2. The van der Waals surface area contributed by atoms with Crippen LogP contribution in [0.5, 0.6) is 0 Å². The van der Waals surface area contributed by atoms with Gasteiger partial charge in [-0.15, -0.1) is 11.3 Å². The second kappa shape index (κ2) is 8.73. The molecule has 3 aromatic heterocycles. The third-order valence-electron chi connectivity index (χ3n) is 4.83. The third-order valence-corrected chi connectivity index (χ3v) is 5.72. The van der Waals surface area contributed by atoms with Crippen LogP contribution in [0.25, 0.3) is 21.6 Å². The summed E-state index contributed by atoms with van der Waals surface area (Å²) in [5, 5.41) is 7.16. The number of hydrogen-bond acceptors (Lipinski definition) is 6. The number of thiophene rings is 1. The van der Waals surface area contributed by atoms with Crippen molar-refractivity contribution in [3.8, 4) is 10.6 Å². The van der Waals surface area contributed by atoms with Crippen LogP contribution in [-0.4, -0.2) is 51.7 Å². The van der Waals surface area contributed by atoms with E-state index >= 15 is 0 Å². The summed E-state index contributed by atoms with van der Waals surface area (Å²) in [6, 6.07) is 5.89. The number of fused-ring (bicyclic) bond motifs is 1. The summed E-state index contributed by atoms with van der Waals surface area (Å²) in [6.45, 7) is 8.50. The van der Waals surface area contributed by atoms with Crippen molar-refractivity contribution in [2.24, 2.45) is 5.92 Å². The second-order valence-electron chi connectivity index (χ2n) is 7.22. The van der Waals surface area contributed by atoms with Gasteiger partial charge in [-0.3, -0.25) is 9.59 Å². The van der Waals surface area contributed by atoms with Crippen molar-refractivity contribution < 1.29 is 14.3 Å². The van der Waals surface area contributed by atoms with Crippen molar-refractivity contribution in [2.45, 2.75) is 33.7 Å². The number of methoxy groups -OCH3 is 1. The molecule has 7 nitrogen and oxygen atoms in total. The first-order valence-electron chi connectivity index (χ1n) is 9.66. The average Bonchev–Trinajstić information content (AvgIpc) is 3.39. The van der Waals surface area contributed by atoms with E-state index in [1.54, 1.807) is 29.4 Å². The molecule has 0 bridgehead atoms. The molecule has 0 radical (unpaired) electrons. The molecule has 1 unspecified atom stereocenters. The van der Waals surface area contributed by atoms with E-state index in [-0.39, 0.29) is 17.9 Å². The normalized spacial score (nSPS) is 12.3. The molecule has 0 spiro atoms. The first-order valence-corrected chi connectivity index (χ1v) is 10.5. The SMILES string of the molecule is CCN(CC(C)C(=O)OC)C(=O)c1cc(-c2cccs2)nc2c1cnn2C(C)C. The van der Waals surface area contributed by atoms with E-state index in [9.17, 15) is 9.59 Å². The van der Waals surface area contributed by atoms with Gasteiger partial charge >= 0.3 is 5.97 Å². The zero-order valence-corrected chi connectivity index (χ0v) is 18.2. The Kier molecular flexibility index (Phi) is 6.32. The van der Waals surface area contributed by atoms with Gasteiger partial charge < -0.3 is 9.64 Å². The summed E-state index contributed by atoms with van der Waals surface area (Å²) in [5.74, 6) is -0.879. The number of pyridine rings is 1. The highest BCUT2D eigenvalue weighted by atomic mass is 32.1. The van der Waals surface area contributed by atoms with Gasteiger partial charge in [0.25, 0.3) is 5.91 Å². The molecule has 0 fully saturated rings. The Morgan fingerprint density at radius 3 is 2.66 bits per heavy atom. The van der Waals surface area contributed by atoms with Gasteiger partial charge in [-0.2, -0.15) is 5.10 Å². The van der Waals surface area contributed by atoms with E-state index in [0.29, 0.717) is 29.7 Å². The van der Waals surface area contributed by atoms with Crippen LogP contribution in [0.3, 0.4) is 0 Å². The summed E-state index contributed by atoms with van der Waals surface area (Å²) in [5.41, 5.74) is 1.98. The minimum Gasteiger partial charge on any atom is -0.469 e. The van der Waals surface area contributed by atoms with E-state index < -0.39 is 5.92 Å². The molecule has 154 valence electrons. The summed E-state index contributed by atoms with van der Waals surface area (Å²) in [7, 11) is 1.36. The van der Waals surface area contributed by atoms with E-state index in [2.05, 4.69) is 5.10 Å². The summed E-state index contributed by atoms with van der Waals surface area (Å²) >= 11 is 1.58. The Bertz CT molecular complexity index is 1010. The van der Waals surface area contributed by atoms with Crippen molar-refractivity contribution in [3.05, 3.63) is 35.3 Å². The maximum absolute atomic E-state index is 13.4. The highest BCUT2D eigenvalue weighted by molar-refractivity contribution is 7.13. The zero-order chi connectivity index (χ0) is 21.1. The summed E-state index contributed by atoms with van der Waals surface area (Å²) < 4.78 is 6.64. The maximum atomic E-state index is 13.4. The number of ether oxygens (including phenoxy) is 1. The monoisotopic (exact) mass is 414 g/mol. The van der Waals surface area contributed by atoms with E-state index in [1.807, 2.05) is 49.0 Å². The molecule has 1 amide bonds. The van der Waals surface area contributed by atoms with Crippen LogP contribution in [0, 0.1) is 5.92 Å². The lowest BCUT2D eigenvalue weighted by Crippen LogP contribution is -2.37. The molecule has 0 aliphatic rings. The van der Waals surface area contributed by atoms with Crippen LogP contribution in [0.15, 0.2) is 29.8 Å². The number of nitrogens with zero attached hydrogens (tertiary/aromatic N) is 4. The van der Waals surface area contributed by atoms with Gasteiger partial charge in [-0.25, -0.2) is 9.67 Å². The van der Waals surface area contributed by atoms with Crippen LogP contribution < -0.4 is 0 Å².